The number of halogens is 3. The lowest BCUT2D eigenvalue weighted by molar-refractivity contribution is -0.173. The van der Waals surface area contributed by atoms with E-state index in [-0.39, 0.29) is 6.61 Å². The molecular formula is C11H18F3N3OS. The van der Waals surface area contributed by atoms with Crippen LogP contribution < -0.4 is 5.32 Å². The van der Waals surface area contributed by atoms with Crippen molar-refractivity contribution in [1.82, 2.24) is 15.5 Å². The van der Waals surface area contributed by atoms with Gasteiger partial charge in [0.1, 0.15) is 16.6 Å². The highest BCUT2D eigenvalue weighted by molar-refractivity contribution is 7.11. The maximum absolute atomic E-state index is 11.8. The summed E-state index contributed by atoms with van der Waals surface area (Å²) >= 11 is 1.43. The van der Waals surface area contributed by atoms with Gasteiger partial charge >= 0.3 is 6.18 Å². The van der Waals surface area contributed by atoms with Crippen LogP contribution in [0, 0.1) is 0 Å². The zero-order valence-corrected chi connectivity index (χ0v) is 11.6. The Morgan fingerprint density at radius 2 is 1.84 bits per heavy atom. The molecule has 0 spiro atoms. The van der Waals surface area contributed by atoms with Gasteiger partial charge in [-0.15, -0.1) is 21.5 Å². The van der Waals surface area contributed by atoms with E-state index in [0.717, 1.165) is 30.9 Å². The summed E-state index contributed by atoms with van der Waals surface area (Å²) in [6.45, 7) is 2.71. The lowest BCUT2D eigenvalue weighted by Gasteiger charge is -2.05. The summed E-state index contributed by atoms with van der Waals surface area (Å²) in [5.41, 5.74) is 0. The highest BCUT2D eigenvalue weighted by Crippen LogP contribution is 2.15. The number of nitrogens with one attached hydrogen (secondary N) is 1. The molecule has 1 heterocycles. The molecule has 0 fully saturated rings. The minimum atomic E-state index is -4.27. The van der Waals surface area contributed by atoms with Crippen molar-refractivity contribution >= 4 is 11.3 Å². The largest absolute Gasteiger partial charge is 0.411 e. The average molecular weight is 297 g/mol. The van der Waals surface area contributed by atoms with Crippen LogP contribution in [0.1, 0.15) is 23.4 Å². The summed E-state index contributed by atoms with van der Waals surface area (Å²) in [4.78, 5) is 0. The molecule has 0 saturated heterocycles. The van der Waals surface area contributed by atoms with Crippen LogP contribution in [-0.4, -0.2) is 42.7 Å². The van der Waals surface area contributed by atoms with Gasteiger partial charge < -0.3 is 10.1 Å². The van der Waals surface area contributed by atoms with Gasteiger partial charge in [-0.25, -0.2) is 0 Å². The topological polar surface area (TPSA) is 47.0 Å². The smallest absolute Gasteiger partial charge is 0.372 e. The van der Waals surface area contributed by atoms with Gasteiger partial charge in [0.05, 0.1) is 6.61 Å². The van der Waals surface area contributed by atoms with Gasteiger partial charge in [-0.05, 0) is 13.0 Å². The first-order valence-electron chi connectivity index (χ1n) is 6.17. The number of ether oxygens (including phenoxy) is 1. The van der Waals surface area contributed by atoms with Gasteiger partial charge in [-0.2, -0.15) is 13.2 Å². The van der Waals surface area contributed by atoms with Crippen LogP contribution in [0.25, 0.3) is 0 Å². The van der Waals surface area contributed by atoms with Crippen LogP contribution in [0.5, 0.6) is 0 Å². The Balaban J connectivity index is 2.16. The molecule has 8 heteroatoms. The Kier molecular flexibility index (Phi) is 7.25. The van der Waals surface area contributed by atoms with E-state index in [1.165, 1.54) is 11.3 Å². The van der Waals surface area contributed by atoms with Crippen LogP contribution in [0.2, 0.25) is 0 Å². The second-order valence-electron chi connectivity index (χ2n) is 4.01. The first kappa shape index (κ1) is 16.3. The van der Waals surface area contributed by atoms with Crippen molar-refractivity contribution in [3.63, 3.8) is 0 Å². The number of nitrogens with zero attached hydrogens (tertiary/aromatic N) is 2. The Hall–Kier alpha value is -0.730. The molecule has 0 amide bonds. The Labute approximate surface area is 114 Å². The highest BCUT2D eigenvalue weighted by atomic mass is 32.1. The van der Waals surface area contributed by atoms with E-state index in [4.69, 9.17) is 0 Å². The van der Waals surface area contributed by atoms with Crippen LogP contribution in [0.4, 0.5) is 13.2 Å². The second kappa shape index (κ2) is 8.44. The molecular weight excluding hydrogens is 279 g/mol. The highest BCUT2D eigenvalue weighted by Gasteiger charge is 2.27. The number of alkyl halides is 3. The second-order valence-corrected chi connectivity index (χ2v) is 5.15. The Bertz CT molecular complexity index is 357. The van der Waals surface area contributed by atoms with Crippen LogP contribution in [-0.2, 0) is 17.6 Å². The molecule has 0 aliphatic carbocycles. The molecule has 0 unspecified atom stereocenters. The number of rotatable bonds is 9. The van der Waals surface area contributed by atoms with Crippen molar-refractivity contribution in [2.45, 2.75) is 32.4 Å². The monoisotopic (exact) mass is 297 g/mol. The van der Waals surface area contributed by atoms with Crippen molar-refractivity contribution in [2.24, 2.45) is 0 Å². The van der Waals surface area contributed by atoms with Gasteiger partial charge in [0.25, 0.3) is 0 Å². The van der Waals surface area contributed by atoms with Crippen molar-refractivity contribution < 1.29 is 17.9 Å². The third-order valence-electron chi connectivity index (χ3n) is 2.18. The molecule has 0 aliphatic rings. The van der Waals surface area contributed by atoms with Gasteiger partial charge in [-0.3, -0.25) is 0 Å². The summed E-state index contributed by atoms with van der Waals surface area (Å²) in [5.74, 6) is 0. The fourth-order valence-electron chi connectivity index (χ4n) is 1.33. The summed E-state index contributed by atoms with van der Waals surface area (Å²) in [6, 6.07) is 0. The predicted molar refractivity (Wildman–Crippen MR) is 67.4 cm³/mol. The zero-order valence-electron chi connectivity index (χ0n) is 10.8. The van der Waals surface area contributed by atoms with Crippen molar-refractivity contribution in [3.8, 4) is 0 Å². The Morgan fingerprint density at radius 3 is 2.47 bits per heavy atom. The molecule has 0 saturated carbocycles. The van der Waals surface area contributed by atoms with Crippen molar-refractivity contribution in [2.75, 3.05) is 26.3 Å². The van der Waals surface area contributed by atoms with Crippen LogP contribution >= 0.6 is 11.3 Å². The summed E-state index contributed by atoms with van der Waals surface area (Å²) in [7, 11) is 0. The van der Waals surface area contributed by atoms with E-state index in [2.05, 4.69) is 27.2 Å². The minimum Gasteiger partial charge on any atom is -0.372 e. The van der Waals surface area contributed by atoms with E-state index >= 15 is 0 Å². The molecule has 0 radical (unpaired) electrons. The van der Waals surface area contributed by atoms with Crippen molar-refractivity contribution in [3.05, 3.63) is 10.0 Å². The van der Waals surface area contributed by atoms with Crippen LogP contribution in [0.3, 0.4) is 0 Å². The maximum atomic E-state index is 11.8. The quantitative estimate of drug-likeness (QED) is 0.710. The predicted octanol–water partition coefficient (Wildman–Crippen LogP) is 2.20. The molecule has 0 bridgehead atoms. The maximum Gasteiger partial charge on any atom is 0.411 e. The molecule has 19 heavy (non-hydrogen) atoms. The molecule has 1 N–H and O–H groups in total. The average Bonchev–Trinajstić information content (AvgIpc) is 2.77. The Morgan fingerprint density at radius 1 is 1.16 bits per heavy atom. The fraction of sp³-hybridized carbons (Fsp3) is 0.818. The van der Waals surface area contributed by atoms with Gasteiger partial charge in [0.15, 0.2) is 0 Å². The standard InChI is InChI=1S/C11H18F3N3OS/c1-2-5-15-6-3-9-16-17-10(19-9)4-7-18-8-11(12,13)14/h15H,2-8H2,1H3. The first-order valence-corrected chi connectivity index (χ1v) is 6.99. The molecule has 0 atom stereocenters. The fourth-order valence-corrected chi connectivity index (χ4v) is 2.16. The molecule has 0 aromatic carbocycles. The number of aromatic nitrogens is 2. The van der Waals surface area contributed by atoms with Gasteiger partial charge in [-0.1, -0.05) is 6.92 Å². The van der Waals surface area contributed by atoms with Crippen LogP contribution in [0.15, 0.2) is 0 Å². The van der Waals surface area contributed by atoms with Crippen molar-refractivity contribution in [1.29, 1.82) is 0 Å². The molecule has 1 aromatic rings. The van der Waals surface area contributed by atoms with E-state index < -0.39 is 12.8 Å². The summed E-state index contributed by atoms with van der Waals surface area (Å²) in [5, 5.41) is 12.8. The van der Waals surface area contributed by atoms with E-state index in [0.29, 0.717) is 11.4 Å². The molecule has 1 aromatic heterocycles. The lowest BCUT2D eigenvalue weighted by Crippen LogP contribution is -2.17. The van der Waals surface area contributed by atoms with Gasteiger partial charge in [0.2, 0.25) is 0 Å². The summed E-state index contributed by atoms with van der Waals surface area (Å²) < 4.78 is 40.0. The summed E-state index contributed by atoms with van der Waals surface area (Å²) in [6.07, 6.45) is -2.02. The zero-order chi connectivity index (χ0) is 14.1. The molecule has 1 rings (SSSR count). The van der Waals surface area contributed by atoms with E-state index in [1.807, 2.05) is 0 Å². The molecule has 110 valence electrons. The minimum absolute atomic E-state index is 0.0161. The molecule has 4 nitrogen and oxygen atoms in total. The number of hydrogen-bond donors (Lipinski definition) is 1. The number of hydrogen-bond acceptors (Lipinski definition) is 5. The third-order valence-corrected chi connectivity index (χ3v) is 3.22. The molecule has 0 aliphatic heterocycles. The SMILES string of the molecule is CCCNCCc1nnc(CCOCC(F)(F)F)s1. The van der Waals surface area contributed by atoms with E-state index in [1.54, 1.807) is 0 Å². The lowest BCUT2D eigenvalue weighted by atomic mass is 10.4. The third kappa shape index (κ3) is 8.12. The van der Waals surface area contributed by atoms with Gasteiger partial charge in [0, 0.05) is 19.4 Å². The van der Waals surface area contributed by atoms with E-state index in [9.17, 15) is 13.2 Å². The normalized spacial score (nSPS) is 12.0. The first-order chi connectivity index (χ1) is 9.01.